The molecule has 0 aliphatic rings. The lowest BCUT2D eigenvalue weighted by Gasteiger charge is -1.98. The third-order valence-electron chi connectivity index (χ3n) is 2.55. The molecule has 0 amide bonds. The molecular formula is C24H34. The summed E-state index contributed by atoms with van der Waals surface area (Å²) in [4.78, 5) is 0. The van der Waals surface area contributed by atoms with Gasteiger partial charge in [0.25, 0.3) is 0 Å². The Kier molecular flexibility index (Phi) is 20.6. The van der Waals surface area contributed by atoms with Crippen LogP contribution in [0.3, 0.4) is 0 Å². The summed E-state index contributed by atoms with van der Waals surface area (Å²) in [6, 6.07) is 32.8. The van der Waals surface area contributed by atoms with Crippen molar-refractivity contribution >= 4 is 0 Å². The fourth-order valence-electron chi connectivity index (χ4n) is 1.65. The van der Waals surface area contributed by atoms with Gasteiger partial charge in [-0.1, -0.05) is 139 Å². The lowest BCUT2D eigenvalue weighted by molar-refractivity contribution is 1.50. The fourth-order valence-corrected chi connectivity index (χ4v) is 1.65. The first-order valence-corrected chi connectivity index (χ1v) is 9.07. The Morgan fingerprint density at radius 2 is 0.458 bits per heavy atom. The van der Waals surface area contributed by atoms with Gasteiger partial charge in [0, 0.05) is 0 Å². The van der Waals surface area contributed by atoms with Crippen molar-refractivity contribution < 1.29 is 0 Å². The summed E-state index contributed by atoms with van der Waals surface area (Å²) in [5.41, 5.74) is 2.55. The second-order valence-electron chi connectivity index (χ2n) is 3.89. The highest BCUT2D eigenvalue weighted by Gasteiger charge is 1.91. The smallest absolute Gasteiger partial charge is 0.0184 e. The van der Waals surface area contributed by atoms with E-state index in [2.05, 4.69) is 48.5 Å². The molecule has 3 aromatic rings. The monoisotopic (exact) mass is 322 g/mol. The van der Waals surface area contributed by atoms with Gasteiger partial charge in [-0.25, -0.2) is 0 Å². The largest absolute Gasteiger partial charge is 0.0683 e. The Morgan fingerprint density at radius 1 is 0.292 bits per heavy atom. The van der Waals surface area contributed by atoms with Crippen molar-refractivity contribution in [3.8, 4) is 11.1 Å². The van der Waals surface area contributed by atoms with E-state index in [1.165, 1.54) is 11.1 Å². The van der Waals surface area contributed by atoms with Crippen molar-refractivity contribution in [3.63, 3.8) is 0 Å². The van der Waals surface area contributed by atoms with Gasteiger partial charge in [0.1, 0.15) is 0 Å². The van der Waals surface area contributed by atoms with E-state index in [0.717, 1.165) is 0 Å². The molecule has 0 spiro atoms. The molecule has 0 radical (unpaired) electrons. The number of rotatable bonds is 1. The molecule has 0 aliphatic carbocycles. The average molecular weight is 323 g/mol. The van der Waals surface area contributed by atoms with Gasteiger partial charge in [-0.2, -0.15) is 0 Å². The van der Waals surface area contributed by atoms with Crippen LogP contribution in [0.15, 0.2) is 97.1 Å². The molecule has 0 fully saturated rings. The van der Waals surface area contributed by atoms with Crippen LogP contribution in [0.1, 0.15) is 41.5 Å². The molecule has 0 bridgehead atoms. The van der Waals surface area contributed by atoms with Crippen molar-refractivity contribution in [2.45, 2.75) is 41.5 Å². The Hall–Kier alpha value is -2.34. The molecule has 0 N–H and O–H groups in total. The van der Waals surface area contributed by atoms with Gasteiger partial charge >= 0.3 is 0 Å². The van der Waals surface area contributed by atoms with E-state index in [-0.39, 0.29) is 0 Å². The van der Waals surface area contributed by atoms with Gasteiger partial charge in [-0.05, 0) is 11.1 Å². The molecular weight excluding hydrogens is 288 g/mol. The highest BCUT2D eigenvalue weighted by Crippen LogP contribution is 2.17. The van der Waals surface area contributed by atoms with Crippen LogP contribution in [0.5, 0.6) is 0 Å². The van der Waals surface area contributed by atoms with Crippen LogP contribution in [0, 0.1) is 0 Å². The molecule has 0 heteroatoms. The zero-order chi connectivity index (χ0) is 18.5. The normalized spacial score (nSPS) is 7.58. The standard InChI is InChI=1S/C12H10.C6H6.3C2H6/c1-3-7-11(8-4-1)12-9-5-2-6-10-12;1-2-4-6-5-3-1;3*1-2/h1-10H;1-6H;3*1-2H3. The Bertz CT molecular complexity index is 463. The molecule has 0 atom stereocenters. The van der Waals surface area contributed by atoms with Gasteiger partial charge in [0.05, 0.1) is 0 Å². The third-order valence-corrected chi connectivity index (χ3v) is 2.55. The first-order chi connectivity index (χ1) is 12.0. The van der Waals surface area contributed by atoms with E-state index >= 15 is 0 Å². The predicted octanol–water partition coefficient (Wildman–Crippen LogP) is 8.12. The summed E-state index contributed by atoms with van der Waals surface area (Å²) in [6.45, 7) is 12.0. The van der Waals surface area contributed by atoms with Crippen LogP contribution in [0.25, 0.3) is 11.1 Å². The first kappa shape index (κ1) is 23.9. The maximum Gasteiger partial charge on any atom is -0.0184 e. The van der Waals surface area contributed by atoms with Gasteiger partial charge in [-0.15, -0.1) is 0 Å². The summed E-state index contributed by atoms with van der Waals surface area (Å²) in [6.07, 6.45) is 0. The summed E-state index contributed by atoms with van der Waals surface area (Å²) >= 11 is 0. The van der Waals surface area contributed by atoms with Crippen molar-refractivity contribution in [3.05, 3.63) is 97.1 Å². The summed E-state index contributed by atoms with van der Waals surface area (Å²) in [5.74, 6) is 0. The maximum absolute atomic E-state index is 2.12. The highest BCUT2D eigenvalue weighted by molar-refractivity contribution is 5.62. The molecule has 0 aliphatic heterocycles. The zero-order valence-corrected chi connectivity index (χ0v) is 16.2. The first-order valence-electron chi connectivity index (χ1n) is 9.07. The van der Waals surface area contributed by atoms with Crippen LogP contribution >= 0.6 is 0 Å². The van der Waals surface area contributed by atoms with Gasteiger partial charge in [0.2, 0.25) is 0 Å². The molecule has 130 valence electrons. The van der Waals surface area contributed by atoms with Crippen LogP contribution in [0.4, 0.5) is 0 Å². The van der Waals surface area contributed by atoms with Crippen LogP contribution < -0.4 is 0 Å². The molecule has 3 rings (SSSR count). The minimum atomic E-state index is 1.28. The molecule has 0 saturated heterocycles. The minimum Gasteiger partial charge on any atom is -0.0683 e. The van der Waals surface area contributed by atoms with Crippen molar-refractivity contribution in [2.24, 2.45) is 0 Å². The molecule has 3 aromatic carbocycles. The minimum absolute atomic E-state index is 1.28. The number of hydrogen-bond donors (Lipinski definition) is 0. The van der Waals surface area contributed by atoms with Gasteiger partial charge in [-0.3, -0.25) is 0 Å². The van der Waals surface area contributed by atoms with Crippen LogP contribution in [0.2, 0.25) is 0 Å². The molecule has 24 heavy (non-hydrogen) atoms. The second-order valence-corrected chi connectivity index (χ2v) is 3.89. The summed E-state index contributed by atoms with van der Waals surface area (Å²) < 4.78 is 0. The zero-order valence-electron chi connectivity index (χ0n) is 16.2. The third kappa shape index (κ3) is 12.2. The number of hydrogen-bond acceptors (Lipinski definition) is 0. The van der Waals surface area contributed by atoms with Gasteiger partial charge < -0.3 is 0 Å². The van der Waals surface area contributed by atoms with E-state index < -0.39 is 0 Å². The van der Waals surface area contributed by atoms with E-state index in [4.69, 9.17) is 0 Å². The van der Waals surface area contributed by atoms with Crippen LogP contribution in [-0.2, 0) is 0 Å². The predicted molar refractivity (Wildman–Crippen MR) is 112 cm³/mol. The van der Waals surface area contributed by atoms with Crippen molar-refractivity contribution in [1.29, 1.82) is 0 Å². The lowest BCUT2D eigenvalue weighted by atomic mass is 10.1. The highest BCUT2D eigenvalue weighted by atomic mass is 14.0. The summed E-state index contributed by atoms with van der Waals surface area (Å²) in [5, 5.41) is 0. The van der Waals surface area contributed by atoms with E-state index in [9.17, 15) is 0 Å². The van der Waals surface area contributed by atoms with Gasteiger partial charge in [0.15, 0.2) is 0 Å². The maximum atomic E-state index is 2.12. The van der Waals surface area contributed by atoms with Crippen molar-refractivity contribution in [2.75, 3.05) is 0 Å². The SMILES string of the molecule is CC.CC.CC.c1ccc(-c2ccccc2)cc1.c1ccccc1. The number of benzene rings is 3. The molecule has 0 saturated carbocycles. The van der Waals surface area contributed by atoms with Crippen molar-refractivity contribution in [1.82, 2.24) is 0 Å². The van der Waals surface area contributed by atoms with Crippen LogP contribution in [-0.4, -0.2) is 0 Å². The Morgan fingerprint density at radius 3 is 0.667 bits per heavy atom. The second kappa shape index (κ2) is 20.7. The van der Waals surface area contributed by atoms with E-state index in [1.807, 2.05) is 90.1 Å². The van der Waals surface area contributed by atoms with E-state index in [1.54, 1.807) is 0 Å². The Labute approximate surface area is 150 Å². The average Bonchev–Trinajstić information content (AvgIpc) is 2.75. The quantitative estimate of drug-likeness (QED) is 0.424. The topological polar surface area (TPSA) is 0 Å². The molecule has 0 unspecified atom stereocenters. The van der Waals surface area contributed by atoms with E-state index in [0.29, 0.717) is 0 Å². The molecule has 0 aromatic heterocycles. The molecule has 0 nitrogen and oxygen atoms in total. The fraction of sp³-hybridized carbons (Fsp3) is 0.250. The lowest BCUT2D eigenvalue weighted by Crippen LogP contribution is -1.73. The molecule has 0 heterocycles. The summed E-state index contributed by atoms with van der Waals surface area (Å²) in [7, 11) is 0. The Balaban J connectivity index is 0.